The summed E-state index contributed by atoms with van der Waals surface area (Å²) >= 11 is 5.70. The predicted molar refractivity (Wildman–Crippen MR) is 78.9 cm³/mol. The first-order chi connectivity index (χ1) is 11.0. The van der Waals surface area contributed by atoms with Gasteiger partial charge in [0.25, 0.3) is 5.56 Å². The Morgan fingerprint density at radius 3 is 2.57 bits per heavy atom. The molecule has 0 saturated heterocycles. The molecule has 118 valence electrons. The van der Waals surface area contributed by atoms with Gasteiger partial charge >= 0.3 is 5.69 Å². The van der Waals surface area contributed by atoms with Crippen LogP contribution in [-0.4, -0.2) is 19.3 Å². The summed E-state index contributed by atoms with van der Waals surface area (Å²) in [7, 11) is 0. The Kier molecular flexibility index (Phi) is 3.83. The molecule has 23 heavy (non-hydrogen) atoms. The summed E-state index contributed by atoms with van der Waals surface area (Å²) in [6.45, 7) is -0.311. The van der Waals surface area contributed by atoms with Crippen molar-refractivity contribution in [1.29, 1.82) is 0 Å². The highest BCUT2D eigenvalue weighted by Crippen LogP contribution is 2.13. The van der Waals surface area contributed by atoms with Crippen molar-refractivity contribution in [2.75, 3.05) is 0 Å². The highest BCUT2D eigenvalue weighted by molar-refractivity contribution is 6.30. The standard InChI is InChI=1S/C14H9ClF2N4O2/c15-10-4-8(5-18-13(10)22)21-14(23)20(7-19-21)6-9-11(16)2-1-3-12(9)17/h1-5,7H,6H2,(H,18,22). The Bertz CT molecular complexity index is 973. The maximum absolute atomic E-state index is 13.7. The Labute approximate surface area is 132 Å². The largest absolute Gasteiger partial charge is 0.350 e. The molecule has 0 aliphatic rings. The van der Waals surface area contributed by atoms with Crippen LogP contribution in [-0.2, 0) is 6.54 Å². The molecule has 1 aromatic carbocycles. The molecule has 2 heterocycles. The molecule has 0 radical (unpaired) electrons. The van der Waals surface area contributed by atoms with Gasteiger partial charge in [0, 0.05) is 11.8 Å². The maximum Gasteiger partial charge on any atom is 0.350 e. The number of H-pyrrole nitrogens is 1. The van der Waals surface area contributed by atoms with Crippen molar-refractivity contribution in [2.45, 2.75) is 6.54 Å². The van der Waals surface area contributed by atoms with Gasteiger partial charge in [-0.2, -0.15) is 9.78 Å². The van der Waals surface area contributed by atoms with Crippen molar-refractivity contribution in [3.8, 4) is 5.69 Å². The summed E-state index contributed by atoms with van der Waals surface area (Å²) in [5, 5.41) is 3.75. The van der Waals surface area contributed by atoms with Crippen LogP contribution in [0.4, 0.5) is 8.78 Å². The van der Waals surface area contributed by atoms with Gasteiger partial charge in [-0.05, 0) is 18.2 Å². The Hall–Kier alpha value is -2.74. The highest BCUT2D eigenvalue weighted by Gasteiger charge is 2.13. The number of hydrogen-bond acceptors (Lipinski definition) is 3. The maximum atomic E-state index is 13.7. The number of aromatic amines is 1. The lowest BCUT2D eigenvalue weighted by atomic mass is 10.2. The summed E-state index contributed by atoms with van der Waals surface area (Å²) in [4.78, 5) is 25.9. The number of benzene rings is 1. The number of aromatic nitrogens is 4. The molecule has 1 N–H and O–H groups in total. The lowest BCUT2D eigenvalue weighted by Gasteiger charge is -2.04. The van der Waals surface area contributed by atoms with Gasteiger partial charge in [0.2, 0.25) is 0 Å². The first-order valence-electron chi connectivity index (χ1n) is 6.43. The van der Waals surface area contributed by atoms with Crippen molar-refractivity contribution in [2.24, 2.45) is 0 Å². The fourth-order valence-electron chi connectivity index (χ4n) is 2.04. The van der Waals surface area contributed by atoms with Gasteiger partial charge < -0.3 is 4.98 Å². The predicted octanol–water partition coefficient (Wildman–Crippen LogP) is 1.70. The van der Waals surface area contributed by atoms with Crippen LogP contribution in [0, 0.1) is 11.6 Å². The molecule has 9 heteroatoms. The topological polar surface area (TPSA) is 72.7 Å². The molecule has 0 fully saturated rings. The van der Waals surface area contributed by atoms with E-state index < -0.39 is 22.9 Å². The quantitative estimate of drug-likeness (QED) is 0.790. The smallest absolute Gasteiger partial charge is 0.326 e. The highest BCUT2D eigenvalue weighted by atomic mass is 35.5. The lowest BCUT2D eigenvalue weighted by Crippen LogP contribution is -2.25. The molecule has 0 unspecified atom stereocenters. The molecule has 0 atom stereocenters. The van der Waals surface area contributed by atoms with Crippen LogP contribution in [0.15, 0.2) is 46.4 Å². The monoisotopic (exact) mass is 338 g/mol. The van der Waals surface area contributed by atoms with Crippen molar-refractivity contribution < 1.29 is 8.78 Å². The van der Waals surface area contributed by atoms with Gasteiger partial charge in [0.1, 0.15) is 23.0 Å². The lowest BCUT2D eigenvalue weighted by molar-refractivity contribution is 0.541. The molecular formula is C14H9ClF2N4O2. The summed E-state index contributed by atoms with van der Waals surface area (Å²) in [6, 6.07) is 4.72. The van der Waals surface area contributed by atoms with Gasteiger partial charge in [-0.1, -0.05) is 17.7 Å². The molecule has 2 aromatic heterocycles. The molecule has 0 saturated carbocycles. The third kappa shape index (κ3) is 2.80. The molecule has 3 aromatic rings. The number of nitrogens with zero attached hydrogens (tertiary/aromatic N) is 3. The van der Waals surface area contributed by atoms with Crippen LogP contribution in [0.3, 0.4) is 0 Å². The summed E-state index contributed by atoms with van der Waals surface area (Å²) in [6.07, 6.45) is 2.41. The molecular weight excluding hydrogens is 330 g/mol. The molecule has 3 rings (SSSR count). The summed E-state index contributed by atoms with van der Waals surface area (Å²) in [5.74, 6) is -1.51. The third-order valence-electron chi connectivity index (χ3n) is 3.21. The van der Waals surface area contributed by atoms with Gasteiger partial charge in [-0.3, -0.25) is 9.36 Å². The van der Waals surface area contributed by atoms with Gasteiger partial charge in [0.15, 0.2) is 0 Å². The average Bonchev–Trinajstić information content (AvgIpc) is 2.87. The first-order valence-corrected chi connectivity index (χ1v) is 6.81. The van der Waals surface area contributed by atoms with Crippen LogP contribution < -0.4 is 11.2 Å². The van der Waals surface area contributed by atoms with Crippen LogP contribution in [0.1, 0.15) is 5.56 Å². The van der Waals surface area contributed by atoms with Crippen molar-refractivity contribution in [3.05, 3.63) is 79.8 Å². The second kappa shape index (κ2) is 5.81. The van der Waals surface area contributed by atoms with Crippen LogP contribution in [0.5, 0.6) is 0 Å². The SMILES string of the molecule is O=c1[nH]cc(-n2ncn(Cc3c(F)cccc3F)c2=O)cc1Cl. The molecule has 0 aliphatic carbocycles. The van der Waals surface area contributed by atoms with E-state index in [4.69, 9.17) is 11.6 Å². The third-order valence-corrected chi connectivity index (χ3v) is 3.49. The summed E-state index contributed by atoms with van der Waals surface area (Å²) < 4.78 is 29.3. The van der Waals surface area contributed by atoms with Crippen LogP contribution in [0.25, 0.3) is 5.69 Å². The van der Waals surface area contributed by atoms with Gasteiger partial charge in [0.05, 0.1) is 12.2 Å². The zero-order valence-corrected chi connectivity index (χ0v) is 12.2. The molecule has 0 spiro atoms. The molecule has 0 bridgehead atoms. The number of nitrogens with one attached hydrogen (secondary N) is 1. The average molecular weight is 339 g/mol. The number of hydrogen-bond donors (Lipinski definition) is 1. The number of pyridine rings is 1. The van der Waals surface area contributed by atoms with Gasteiger partial charge in [-0.25, -0.2) is 13.6 Å². The fraction of sp³-hybridized carbons (Fsp3) is 0.0714. The minimum atomic E-state index is -0.753. The molecule has 0 amide bonds. The molecule has 0 aliphatic heterocycles. The van der Waals surface area contributed by atoms with E-state index in [2.05, 4.69) is 10.1 Å². The van der Waals surface area contributed by atoms with Crippen LogP contribution in [0.2, 0.25) is 5.02 Å². The van der Waals surface area contributed by atoms with E-state index in [-0.39, 0.29) is 22.8 Å². The van der Waals surface area contributed by atoms with Crippen LogP contribution >= 0.6 is 11.6 Å². The Morgan fingerprint density at radius 2 is 1.91 bits per heavy atom. The van der Waals surface area contributed by atoms with E-state index in [0.29, 0.717) is 0 Å². The number of rotatable bonds is 3. The minimum absolute atomic E-state index is 0.107. The van der Waals surface area contributed by atoms with Crippen molar-refractivity contribution in [1.82, 2.24) is 19.3 Å². The van der Waals surface area contributed by atoms with Crippen molar-refractivity contribution >= 4 is 11.6 Å². The van der Waals surface area contributed by atoms with E-state index >= 15 is 0 Å². The second-order valence-corrected chi connectivity index (χ2v) is 5.10. The van der Waals surface area contributed by atoms with E-state index in [1.54, 1.807) is 0 Å². The first kappa shape index (κ1) is 15.2. The van der Waals surface area contributed by atoms with E-state index in [1.165, 1.54) is 18.3 Å². The Balaban J connectivity index is 2.01. The van der Waals surface area contributed by atoms with Gasteiger partial charge in [-0.15, -0.1) is 0 Å². The molecule has 6 nitrogen and oxygen atoms in total. The zero-order valence-electron chi connectivity index (χ0n) is 11.5. The van der Waals surface area contributed by atoms with E-state index in [9.17, 15) is 18.4 Å². The normalized spacial score (nSPS) is 10.9. The minimum Gasteiger partial charge on any atom is -0.326 e. The number of halogens is 3. The van der Waals surface area contributed by atoms with E-state index in [0.717, 1.165) is 27.7 Å². The Morgan fingerprint density at radius 1 is 1.22 bits per heavy atom. The fourth-order valence-corrected chi connectivity index (χ4v) is 2.21. The van der Waals surface area contributed by atoms with Crippen molar-refractivity contribution in [3.63, 3.8) is 0 Å². The van der Waals surface area contributed by atoms with E-state index in [1.807, 2.05) is 0 Å². The second-order valence-electron chi connectivity index (χ2n) is 4.69. The summed E-state index contributed by atoms with van der Waals surface area (Å²) in [5.41, 5.74) is -1.15. The zero-order chi connectivity index (χ0) is 16.6.